The van der Waals surface area contributed by atoms with Gasteiger partial charge < -0.3 is 10.4 Å². The Balaban J connectivity index is 2.59. The van der Waals surface area contributed by atoms with E-state index in [1.165, 1.54) is 4.90 Å². The zero-order chi connectivity index (χ0) is 12.7. The van der Waals surface area contributed by atoms with E-state index in [2.05, 4.69) is 49.7 Å². The van der Waals surface area contributed by atoms with Gasteiger partial charge in [0, 0.05) is 22.5 Å². The van der Waals surface area contributed by atoms with Crippen molar-refractivity contribution in [2.24, 2.45) is 5.41 Å². The number of aliphatic hydroxyl groups is 1. The quantitative estimate of drug-likeness (QED) is 0.728. The van der Waals surface area contributed by atoms with Gasteiger partial charge in [-0.25, -0.2) is 0 Å². The molecule has 0 saturated heterocycles. The van der Waals surface area contributed by atoms with E-state index >= 15 is 0 Å². The van der Waals surface area contributed by atoms with Gasteiger partial charge in [-0.3, -0.25) is 0 Å². The second-order valence-corrected chi connectivity index (χ2v) is 5.33. The number of benzene rings is 1. The average molecular weight is 253 g/mol. The molecule has 0 unspecified atom stereocenters. The summed E-state index contributed by atoms with van der Waals surface area (Å²) in [6.07, 6.45) is 4.07. The van der Waals surface area contributed by atoms with Crippen LogP contribution in [-0.2, 0) is 0 Å². The molecule has 0 amide bonds. The highest BCUT2D eigenvalue weighted by Gasteiger charge is 2.24. The Bertz CT molecular complexity index is 311. The van der Waals surface area contributed by atoms with Crippen molar-refractivity contribution < 1.29 is 5.11 Å². The summed E-state index contributed by atoms with van der Waals surface area (Å²) < 4.78 is 0. The van der Waals surface area contributed by atoms with Crippen LogP contribution in [0.2, 0.25) is 0 Å². The number of hydrogen-bond acceptors (Lipinski definition) is 3. The van der Waals surface area contributed by atoms with Crippen LogP contribution in [0.3, 0.4) is 0 Å². The third-order valence-corrected chi connectivity index (χ3v) is 4.34. The van der Waals surface area contributed by atoms with Crippen molar-refractivity contribution in [2.45, 2.75) is 31.6 Å². The van der Waals surface area contributed by atoms with Gasteiger partial charge in [0.1, 0.15) is 0 Å². The maximum atomic E-state index is 9.49. The van der Waals surface area contributed by atoms with E-state index in [1.807, 2.05) is 0 Å². The number of anilines is 1. The lowest BCUT2D eigenvalue weighted by Crippen LogP contribution is -2.32. The first-order valence-corrected chi connectivity index (χ1v) is 7.41. The van der Waals surface area contributed by atoms with E-state index in [9.17, 15) is 5.11 Å². The van der Waals surface area contributed by atoms with Gasteiger partial charge in [-0.1, -0.05) is 13.8 Å². The molecule has 0 fully saturated rings. The van der Waals surface area contributed by atoms with E-state index in [4.69, 9.17) is 0 Å². The van der Waals surface area contributed by atoms with Crippen LogP contribution < -0.4 is 5.32 Å². The Hall–Kier alpha value is -0.670. The predicted octanol–water partition coefficient (Wildman–Crippen LogP) is 3.62. The SMILES string of the molecule is CCC(CC)(CO)CNc1ccc(SC)cc1. The van der Waals surface area contributed by atoms with Gasteiger partial charge in [-0.15, -0.1) is 11.8 Å². The molecule has 1 aromatic carbocycles. The van der Waals surface area contributed by atoms with Crippen LogP contribution in [-0.4, -0.2) is 24.5 Å². The normalized spacial score (nSPS) is 11.5. The molecular weight excluding hydrogens is 230 g/mol. The van der Waals surface area contributed by atoms with Gasteiger partial charge >= 0.3 is 0 Å². The summed E-state index contributed by atoms with van der Waals surface area (Å²) in [6, 6.07) is 8.43. The Morgan fingerprint density at radius 1 is 1.18 bits per heavy atom. The first-order chi connectivity index (χ1) is 8.19. The van der Waals surface area contributed by atoms with Crippen LogP contribution in [0.15, 0.2) is 29.2 Å². The van der Waals surface area contributed by atoms with Crippen molar-refractivity contribution in [3.8, 4) is 0 Å². The van der Waals surface area contributed by atoms with Gasteiger partial charge in [0.05, 0.1) is 6.61 Å². The largest absolute Gasteiger partial charge is 0.396 e. The lowest BCUT2D eigenvalue weighted by Gasteiger charge is -2.30. The first kappa shape index (κ1) is 14.4. The molecule has 3 heteroatoms. The van der Waals surface area contributed by atoms with Crippen LogP contribution in [0.1, 0.15) is 26.7 Å². The molecule has 2 N–H and O–H groups in total. The summed E-state index contributed by atoms with van der Waals surface area (Å²) in [4.78, 5) is 1.27. The van der Waals surface area contributed by atoms with Crippen molar-refractivity contribution in [1.29, 1.82) is 0 Å². The molecule has 17 heavy (non-hydrogen) atoms. The van der Waals surface area contributed by atoms with Gasteiger partial charge in [0.2, 0.25) is 0 Å². The molecular formula is C14H23NOS. The molecule has 2 nitrogen and oxygen atoms in total. The summed E-state index contributed by atoms with van der Waals surface area (Å²) in [5.41, 5.74) is 1.14. The van der Waals surface area contributed by atoms with Crippen molar-refractivity contribution in [3.63, 3.8) is 0 Å². The lowest BCUT2D eigenvalue weighted by molar-refractivity contribution is 0.127. The summed E-state index contributed by atoms with van der Waals surface area (Å²) in [6.45, 7) is 5.35. The minimum atomic E-state index is 0.0121. The zero-order valence-corrected chi connectivity index (χ0v) is 11.8. The van der Waals surface area contributed by atoms with Crippen LogP contribution in [0.25, 0.3) is 0 Å². The molecule has 96 valence electrons. The Kier molecular flexibility index (Phi) is 5.86. The van der Waals surface area contributed by atoms with E-state index in [0.717, 1.165) is 25.1 Å². The third-order valence-electron chi connectivity index (χ3n) is 3.59. The molecule has 0 aliphatic heterocycles. The topological polar surface area (TPSA) is 32.3 Å². The molecule has 1 rings (SSSR count). The minimum Gasteiger partial charge on any atom is -0.396 e. The van der Waals surface area contributed by atoms with Crippen LogP contribution in [0.5, 0.6) is 0 Å². The Morgan fingerprint density at radius 3 is 2.18 bits per heavy atom. The van der Waals surface area contributed by atoms with Gasteiger partial charge in [0.15, 0.2) is 0 Å². The second-order valence-electron chi connectivity index (χ2n) is 4.45. The molecule has 0 spiro atoms. The fourth-order valence-electron chi connectivity index (χ4n) is 1.78. The molecule has 0 heterocycles. The van der Waals surface area contributed by atoms with Crippen molar-refractivity contribution in [2.75, 3.05) is 24.7 Å². The lowest BCUT2D eigenvalue weighted by atomic mass is 9.83. The summed E-state index contributed by atoms with van der Waals surface area (Å²) in [5.74, 6) is 0. The standard InChI is InChI=1S/C14H23NOS/c1-4-14(5-2,11-16)10-15-12-6-8-13(17-3)9-7-12/h6-9,15-16H,4-5,10-11H2,1-3H3. The fraction of sp³-hybridized carbons (Fsp3) is 0.571. The molecule has 0 bridgehead atoms. The molecule has 0 radical (unpaired) electrons. The molecule has 0 saturated carbocycles. The summed E-state index contributed by atoms with van der Waals surface area (Å²) in [7, 11) is 0. The maximum absolute atomic E-state index is 9.49. The number of aliphatic hydroxyl groups excluding tert-OH is 1. The summed E-state index contributed by atoms with van der Waals surface area (Å²) in [5, 5.41) is 12.9. The van der Waals surface area contributed by atoms with Gasteiger partial charge in [-0.2, -0.15) is 0 Å². The van der Waals surface area contributed by atoms with Crippen molar-refractivity contribution in [3.05, 3.63) is 24.3 Å². The van der Waals surface area contributed by atoms with E-state index in [-0.39, 0.29) is 12.0 Å². The number of rotatable bonds is 7. The molecule has 0 aliphatic rings. The van der Waals surface area contributed by atoms with Crippen molar-refractivity contribution in [1.82, 2.24) is 0 Å². The Morgan fingerprint density at radius 2 is 1.76 bits per heavy atom. The van der Waals surface area contributed by atoms with Crippen LogP contribution >= 0.6 is 11.8 Å². The first-order valence-electron chi connectivity index (χ1n) is 6.18. The average Bonchev–Trinajstić information content (AvgIpc) is 2.41. The third kappa shape index (κ3) is 3.93. The minimum absolute atomic E-state index is 0.0121. The van der Waals surface area contributed by atoms with Gasteiger partial charge in [0.25, 0.3) is 0 Å². The summed E-state index contributed by atoms with van der Waals surface area (Å²) >= 11 is 1.75. The molecule has 0 aliphatic carbocycles. The predicted molar refractivity (Wildman–Crippen MR) is 76.8 cm³/mol. The highest BCUT2D eigenvalue weighted by atomic mass is 32.2. The second kappa shape index (κ2) is 6.92. The highest BCUT2D eigenvalue weighted by molar-refractivity contribution is 7.98. The number of hydrogen-bond donors (Lipinski definition) is 2. The van der Waals surface area contributed by atoms with Gasteiger partial charge in [-0.05, 0) is 43.4 Å². The van der Waals surface area contributed by atoms with Crippen LogP contribution in [0, 0.1) is 5.41 Å². The van der Waals surface area contributed by atoms with E-state index in [1.54, 1.807) is 11.8 Å². The molecule has 0 aromatic heterocycles. The number of thioether (sulfide) groups is 1. The smallest absolute Gasteiger partial charge is 0.0504 e. The maximum Gasteiger partial charge on any atom is 0.0504 e. The van der Waals surface area contributed by atoms with Crippen molar-refractivity contribution >= 4 is 17.4 Å². The zero-order valence-electron chi connectivity index (χ0n) is 11.0. The fourth-order valence-corrected chi connectivity index (χ4v) is 2.19. The Labute approximate surface area is 109 Å². The van der Waals surface area contributed by atoms with E-state index in [0.29, 0.717) is 0 Å². The van der Waals surface area contributed by atoms with Crippen LogP contribution in [0.4, 0.5) is 5.69 Å². The monoisotopic (exact) mass is 253 g/mol. The van der Waals surface area contributed by atoms with E-state index < -0.39 is 0 Å². The molecule has 0 atom stereocenters. The molecule has 1 aromatic rings. The highest BCUT2D eigenvalue weighted by Crippen LogP contribution is 2.26. The number of nitrogens with one attached hydrogen (secondary N) is 1.